The molecule has 8 heteroatoms. The van der Waals surface area contributed by atoms with Crippen LogP contribution in [0.1, 0.15) is 24.6 Å². The second-order valence-corrected chi connectivity index (χ2v) is 3.97. The second kappa shape index (κ2) is 5.44. The number of aromatic amines is 1. The van der Waals surface area contributed by atoms with Gasteiger partial charge in [-0.3, -0.25) is 15.2 Å². The zero-order valence-corrected chi connectivity index (χ0v) is 10.2. The normalized spacial score (nSPS) is 12.1. The third-order valence-electron chi connectivity index (χ3n) is 2.36. The molecule has 1 unspecified atom stereocenters. The fraction of sp³-hybridized carbons (Fsp3) is 0.273. The van der Waals surface area contributed by atoms with Gasteiger partial charge in [-0.05, 0) is 13.0 Å². The quantitative estimate of drug-likeness (QED) is 0.619. The summed E-state index contributed by atoms with van der Waals surface area (Å²) in [5.74, 6) is 1.41. The lowest BCUT2D eigenvalue weighted by molar-refractivity contribution is -0.384. The van der Waals surface area contributed by atoms with Gasteiger partial charge in [0.05, 0.1) is 17.0 Å². The molecule has 0 amide bonds. The standard InChI is InChI=1S/C11H13N5O3/c1-7(12)11-13-10(14-15-11)6-19-9-4-2-3-8(5-9)16(17)18/h2-5,7H,6,12H2,1H3,(H,13,14,15). The summed E-state index contributed by atoms with van der Waals surface area (Å²) in [6.07, 6.45) is 0. The number of nitro benzene ring substituents is 1. The number of hydrogen-bond donors (Lipinski definition) is 2. The van der Waals surface area contributed by atoms with Gasteiger partial charge in [0.2, 0.25) is 0 Å². The molecule has 0 saturated carbocycles. The third-order valence-corrected chi connectivity index (χ3v) is 2.36. The summed E-state index contributed by atoms with van der Waals surface area (Å²) < 4.78 is 5.40. The van der Waals surface area contributed by atoms with Gasteiger partial charge in [0.15, 0.2) is 11.6 Å². The minimum Gasteiger partial charge on any atom is -0.485 e. The maximum Gasteiger partial charge on any atom is 0.273 e. The van der Waals surface area contributed by atoms with E-state index in [0.717, 1.165) is 0 Å². The van der Waals surface area contributed by atoms with Crippen molar-refractivity contribution in [1.82, 2.24) is 15.2 Å². The Morgan fingerprint density at radius 2 is 2.37 bits per heavy atom. The number of benzene rings is 1. The van der Waals surface area contributed by atoms with Crippen molar-refractivity contribution in [2.75, 3.05) is 0 Å². The zero-order chi connectivity index (χ0) is 13.8. The molecule has 8 nitrogen and oxygen atoms in total. The van der Waals surface area contributed by atoms with Crippen molar-refractivity contribution >= 4 is 5.69 Å². The highest BCUT2D eigenvalue weighted by Crippen LogP contribution is 2.19. The Morgan fingerprint density at radius 3 is 3.00 bits per heavy atom. The maximum absolute atomic E-state index is 10.6. The molecule has 0 bridgehead atoms. The number of aromatic nitrogens is 3. The number of hydrogen-bond acceptors (Lipinski definition) is 6. The lowest BCUT2D eigenvalue weighted by Gasteiger charge is -2.03. The maximum atomic E-state index is 10.6. The van der Waals surface area contributed by atoms with E-state index in [1.807, 2.05) is 0 Å². The summed E-state index contributed by atoms with van der Waals surface area (Å²) in [4.78, 5) is 14.3. The Bertz CT molecular complexity index is 581. The first-order chi connectivity index (χ1) is 9.06. The summed E-state index contributed by atoms with van der Waals surface area (Å²) in [6, 6.07) is 5.68. The van der Waals surface area contributed by atoms with Crippen LogP contribution in [-0.2, 0) is 6.61 Å². The van der Waals surface area contributed by atoms with Crippen molar-refractivity contribution in [2.45, 2.75) is 19.6 Å². The van der Waals surface area contributed by atoms with E-state index < -0.39 is 4.92 Å². The first kappa shape index (κ1) is 13.0. The van der Waals surface area contributed by atoms with E-state index in [1.54, 1.807) is 19.1 Å². The monoisotopic (exact) mass is 263 g/mol. The first-order valence-corrected chi connectivity index (χ1v) is 5.60. The molecule has 3 N–H and O–H groups in total. The van der Waals surface area contributed by atoms with Crippen molar-refractivity contribution in [2.24, 2.45) is 5.73 Å². The van der Waals surface area contributed by atoms with Crippen LogP contribution < -0.4 is 10.5 Å². The van der Waals surface area contributed by atoms with Gasteiger partial charge in [-0.2, -0.15) is 5.10 Å². The Labute approximate surface area is 108 Å². The van der Waals surface area contributed by atoms with E-state index in [1.165, 1.54) is 12.1 Å². The Hall–Kier alpha value is -2.48. The number of H-pyrrole nitrogens is 1. The van der Waals surface area contributed by atoms with Gasteiger partial charge in [0, 0.05) is 6.07 Å². The molecule has 0 saturated heterocycles. The fourth-order valence-electron chi connectivity index (χ4n) is 1.42. The topological polar surface area (TPSA) is 120 Å². The van der Waals surface area contributed by atoms with Gasteiger partial charge < -0.3 is 10.5 Å². The number of nitrogens with one attached hydrogen (secondary N) is 1. The van der Waals surface area contributed by atoms with Crippen molar-refractivity contribution in [3.05, 3.63) is 46.0 Å². The van der Waals surface area contributed by atoms with Crippen LogP contribution in [-0.4, -0.2) is 20.1 Å². The summed E-state index contributed by atoms with van der Waals surface area (Å²) in [7, 11) is 0. The van der Waals surface area contributed by atoms with Crippen molar-refractivity contribution in [3.63, 3.8) is 0 Å². The number of ether oxygens (including phenoxy) is 1. The van der Waals surface area contributed by atoms with Gasteiger partial charge in [0.25, 0.3) is 5.69 Å². The molecule has 2 rings (SSSR count). The minimum atomic E-state index is -0.477. The van der Waals surface area contributed by atoms with Crippen LogP contribution in [0.4, 0.5) is 5.69 Å². The molecule has 100 valence electrons. The highest BCUT2D eigenvalue weighted by atomic mass is 16.6. The van der Waals surface area contributed by atoms with Gasteiger partial charge in [0.1, 0.15) is 12.4 Å². The van der Waals surface area contributed by atoms with Crippen LogP contribution >= 0.6 is 0 Å². The van der Waals surface area contributed by atoms with E-state index in [-0.39, 0.29) is 18.3 Å². The first-order valence-electron chi connectivity index (χ1n) is 5.60. The van der Waals surface area contributed by atoms with Gasteiger partial charge in [-0.1, -0.05) is 6.07 Å². The van der Waals surface area contributed by atoms with Crippen LogP contribution in [0.3, 0.4) is 0 Å². The molecule has 0 aliphatic heterocycles. The van der Waals surface area contributed by atoms with E-state index >= 15 is 0 Å². The van der Waals surface area contributed by atoms with Crippen molar-refractivity contribution in [1.29, 1.82) is 0 Å². The predicted octanol–water partition coefficient (Wildman–Crippen LogP) is 1.31. The molecule has 0 spiro atoms. The van der Waals surface area contributed by atoms with Gasteiger partial charge in [-0.15, -0.1) is 0 Å². The average Bonchev–Trinajstić information content (AvgIpc) is 2.85. The van der Waals surface area contributed by atoms with E-state index in [9.17, 15) is 10.1 Å². The molecule has 19 heavy (non-hydrogen) atoms. The zero-order valence-electron chi connectivity index (χ0n) is 10.2. The lowest BCUT2D eigenvalue weighted by Crippen LogP contribution is -2.07. The van der Waals surface area contributed by atoms with E-state index in [4.69, 9.17) is 10.5 Å². The Kier molecular flexibility index (Phi) is 3.71. The van der Waals surface area contributed by atoms with Crippen molar-refractivity contribution < 1.29 is 9.66 Å². The molecule has 0 aliphatic rings. The molecule has 1 aromatic heterocycles. The molecule has 1 atom stereocenters. The SMILES string of the molecule is CC(N)c1n[nH]c(COc2cccc([N+](=O)[O-])c2)n1. The number of non-ortho nitro benzene ring substituents is 1. The molecule has 0 fully saturated rings. The smallest absolute Gasteiger partial charge is 0.273 e. The van der Waals surface area contributed by atoms with Crippen LogP contribution in [0.5, 0.6) is 5.75 Å². The molecule has 1 heterocycles. The number of nitrogens with two attached hydrogens (primary N) is 1. The second-order valence-electron chi connectivity index (χ2n) is 3.97. The average molecular weight is 263 g/mol. The summed E-state index contributed by atoms with van der Waals surface area (Å²) >= 11 is 0. The highest BCUT2D eigenvalue weighted by molar-refractivity contribution is 5.37. The van der Waals surface area contributed by atoms with Crippen molar-refractivity contribution in [3.8, 4) is 5.75 Å². The lowest BCUT2D eigenvalue weighted by atomic mass is 10.3. The van der Waals surface area contributed by atoms with E-state index in [2.05, 4.69) is 15.2 Å². The van der Waals surface area contributed by atoms with Crippen LogP contribution in [0.15, 0.2) is 24.3 Å². The molecule has 0 radical (unpaired) electrons. The molecular weight excluding hydrogens is 250 g/mol. The Balaban J connectivity index is 2.01. The van der Waals surface area contributed by atoms with Crippen LogP contribution in [0.2, 0.25) is 0 Å². The van der Waals surface area contributed by atoms with E-state index in [0.29, 0.717) is 17.4 Å². The van der Waals surface area contributed by atoms with Gasteiger partial charge in [-0.25, -0.2) is 4.98 Å². The summed E-state index contributed by atoms with van der Waals surface area (Å²) in [6.45, 7) is 1.91. The fourth-order valence-corrected chi connectivity index (χ4v) is 1.42. The third kappa shape index (κ3) is 3.26. The largest absolute Gasteiger partial charge is 0.485 e. The number of rotatable bonds is 5. The number of nitro groups is 1. The molecule has 0 aliphatic carbocycles. The van der Waals surface area contributed by atoms with Crippen LogP contribution in [0.25, 0.3) is 0 Å². The minimum absolute atomic E-state index is 0.0219. The summed E-state index contributed by atoms with van der Waals surface area (Å²) in [5, 5.41) is 17.2. The van der Waals surface area contributed by atoms with Crippen LogP contribution in [0, 0.1) is 10.1 Å². The summed E-state index contributed by atoms with van der Waals surface area (Å²) in [5.41, 5.74) is 5.60. The molecular formula is C11H13N5O3. The molecule has 1 aromatic carbocycles. The number of nitrogens with zero attached hydrogens (tertiary/aromatic N) is 3. The highest BCUT2D eigenvalue weighted by Gasteiger charge is 2.09. The van der Waals surface area contributed by atoms with Gasteiger partial charge >= 0.3 is 0 Å². The Morgan fingerprint density at radius 1 is 1.58 bits per heavy atom. The predicted molar refractivity (Wildman–Crippen MR) is 66.4 cm³/mol. The molecule has 2 aromatic rings.